The van der Waals surface area contributed by atoms with Crippen LogP contribution in [0, 0.1) is 0 Å². The highest BCUT2D eigenvalue weighted by atomic mass is 35.5. The van der Waals surface area contributed by atoms with Gasteiger partial charge in [0, 0.05) is 33.1 Å². The second-order valence-corrected chi connectivity index (χ2v) is 6.87. The molecule has 0 spiro atoms. The summed E-state index contributed by atoms with van der Waals surface area (Å²) in [7, 11) is 0. The lowest BCUT2D eigenvalue weighted by Gasteiger charge is -2.20. The van der Waals surface area contributed by atoms with Gasteiger partial charge in [0.2, 0.25) is 0 Å². The fourth-order valence-corrected chi connectivity index (χ4v) is 4.00. The minimum atomic E-state index is -0.102. The summed E-state index contributed by atoms with van der Waals surface area (Å²) in [6.45, 7) is 0. The van der Waals surface area contributed by atoms with Gasteiger partial charge < -0.3 is 5.32 Å². The van der Waals surface area contributed by atoms with Crippen molar-refractivity contribution in [1.29, 1.82) is 0 Å². The van der Waals surface area contributed by atoms with E-state index < -0.39 is 0 Å². The Kier molecular flexibility index (Phi) is 3.23. The average Bonchev–Trinajstić information content (AvgIpc) is 2.96. The minimum absolute atomic E-state index is 0.102. The predicted molar refractivity (Wildman–Crippen MR) is 100 cm³/mol. The van der Waals surface area contributed by atoms with E-state index in [-0.39, 0.29) is 6.04 Å². The van der Waals surface area contributed by atoms with Crippen molar-refractivity contribution in [3.05, 3.63) is 82.2 Å². The van der Waals surface area contributed by atoms with Gasteiger partial charge >= 0.3 is 0 Å². The van der Waals surface area contributed by atoms with Crippen LogP contribution in [-0.4, -0.2) is 14.6 Å². The van der Waals surface area contributed by atoms with E-state index in [0.717, 1.165) is 33.6 Å². The highest BCUT2D eigenvalue weighted by Crippen LogP contribution is 2.41. The fraction of sp³-hybridized carbons (Fsp3) is 0.0526. The summed E-state index contributed by atoms with van der Waals surface area (Å²) < 4.78 is 1.86. The molecule has 6 heteroatoms. The number of nitrogens with one attached hydrogen (secondary N) is 1. The molecular weight excluding hydrogens is 355 g/mol. The molecule has 1 aliphatic rings. The number of anilines is 1. The van der Waals surface area contributed by atoms with Crippen molar-refractivity contribution in [2.75, 3.05) is 5.32 Å². The molecule has 0 saturated carbocycles. The molecule has 0 radical (unpaired) electrons. The van der Waals surface area contributed by atoms with Crippen molar-refractivity contribution in [3.8, 4) is 11.3 Å². The van der Waals surface area contributed by atoms with Crippen LogP contribution in [0.2, 0.25) is 10.0 Å². The van der Waals surface area contributed by atoms with Gasteiger partial charge in [0.15, 0.2) is 0 Å². The third kappa shape index (κ3) is 2.29. The summed E-state index contributed by atoms with van der Waals surface area (Å²) in [6, 6.07) is 15.7. The van der Waals surface area contributed by atoms with Crippen LogP contribution in [-0.2, 0) is 0 Å². The zero-order chi connectivity index (χ0) is 17.0. The van der Waals surface area contributed by atoms with Gasteiger partial charge in [-0.15, -0.1) is 0 Å². The SMILES string of the molecule is Clc1cc(Cl)cc(C2Nc3ccccc3-c3ncnn4ccc2c34)c1. The fourth-order valence-electron chi connectivity index (χ4n) is 3.46. The standard InChI is InChI=1S/C19H12Cl2N4/c20-12-7-11(8-13(21)9-12)17-15-5-6-25-19(15)18(22-10-23-25)14-3-1-2-4-16(14)24-17/h1-10,17,24H. The summed E-state index contributed by atoms with van der Waals surface area (Å²) in [5.41, 5.74) is 6.04. The van der Waals surface area contributed by atoms with Gasteiger partial charge in [-0.2, -0.15) is 5.10 Å². The Morgan fingerprint density at radius 3 is 2.64 bits per heavy atom. The summed E-state index contributed by atoms with van der Waals surface area (Å²) in [4.78, 5) is 4.55. The van der Waals surface area contributed by atoms with E-state index in [4.69, 9.17) is 23.2 Å². The molecule has 2 aromatic carbocycles. The van der Waals surface area contributed by atoms with Crippen molar-refractivity contribution in [3.63, 3.8) is 0 Å². The zero-order valence-electron chi connectivity index (χ0n) is 12.9. The van der Waals surface area contributed by atoms with Gasteiger partial charge in [-0.05, 0) is 35.9 Å². The second kappa shape index (κ2) is 5.48. The van der Waals surface area contributed by atoms with Crippen LogP contribution in [0.15, 0.2) is 61.1 Å². The van der Waals surface area contributed by atoms with Gasteiger partial charge in [0.1, 0.15) is 12.0 Å². The number of rotatable bonds is 1. The molecule has 1 unspecified atom stereocenters. The lowest BCUT2D eigenvalue weighted by Crippen LogP contribution is -2.11. The molecule has 122 valence electrons. The van der Waals surface area contributed by atoms with Crippen molar-refractivity contribution < 1.29 is 0 Å². The highest BCUT2D eigenvalue weighted by molar-refractivity contribution is 6.34. The zero-order valence-corrected chi connectivity index (χ0v) is 14.5. The first-order chi connectivity index (χ1) is 12.2. The van der Waals surface area contributed by atoms with Crippen molar-refractivity contribution in [1.82, 2.24) is 14.6 Å². The summed E-state index contributed by atoms with van der Waals surface area (Å²) >= 11 is 12.5. The van der Waals surface area contributed by atoms with Crippen LogP contribution in [0.3, 0.4) is 0 Å². The molecule has 1 atom stereocenters. The molecule has 4 nitrogen and oxygen atoms in total. The van der Waals surface area contributed by atoms with E-state index in [2.05, 4.69) is 33.6 Å². The predicted octanol–water partition coefficient (Wildman–Crippen LogP) is 5.22. The molecule has 0 fully saturated rings. The number of hydrogen-bond donors (Lipinski definition) is 1. The molecule has 5 rings (SSSR count). The van der Waals surface area contributed by atoms with Crippen LogP contribution in [0.5, 0.6) is 0 Å². The van der Waals surface area contributed by atoms with Crippen LogP contribution in [0.1, 0.15) is 17.2 Å². The molecule has 0 amide bonds. The van der Waals surface area contributed by atoms with Crippen molar-refractivity contribution in [2.24, 2.45) is 0 Å². The average molecular weight is 367 g/mol. The van der Waals surface area contributed by atoms with E-state index in [1.807, 2.05) is 35.0 Å². The first-order valence-corrected chi connectivity index (χ1v) is 8.60. The van der Waals surface area contributed by atoms with Gasteiger partial charge in [-0.1, -0.05) is 41.4 Å². The number of nitrogens with zero attached hydrogens (tertiary/aromatic N) is 3. The Labute approximate surface area is 154 Å². The molecular formula is C19H12Cl2N4. The van der Waals surface area contributed by atoms with Gasteiger partial charge in [0.05, 0.1) is 11.6 Å². The number of aromatic nitrogens is 3. The van der Waals surface area contributed by atoms with E-state index in [1.54, 1.807) is 12.4 Å². The molecule has 25 heavy (non-hydrogen) atoms. The third-order valence-corrected chi connectivity index (χ3v) is 4.93. The van der Waals surface area contributed by atoms with Gasteiger partial charge in [-0.3, -0.25) is 0 Å². The Morgan fingerprint density at radius 2 is 1.80 bits per heavy atom. The second-order valence-electron chi connectivity index (χ2n) is 6.00. The molecule has 4 aromatic rings. The number of hydrogen-bond acceptors (Lipinski definition) is 3. The van der Waals surface area contributed by atoms with Crippen molar-refractivity contribution in [2.45, 2.75) is 6.04 Å². The van der Waals surface area contributed by atoms with E-state index >= 15 is 0 Å². The summed E-state index contributed by atoms with van der Waals surface area (Å²) in [5, 5.41) is 9.20. The highest BCUT2D eigenvalue weighted by Gasteiger charge is 2.26. The smallest absolute Gasteiger partial charge is 0.137 e. The Balaban J connectivity index is 1.84. The van der Waals surface area contributed by atoms with E-state index in [1.165, 1.54) is 0 Å². The Morgan fingerprint density at radius 1 is 1.00 bits per heavy atom. The molecule has 3 heterocycles. The largest absolute Gasteiger partial charge is 0.374 e. The minimum Gasteiger partial charge on any atom is -0.374 e. The third-order valence-electron chi connectivity index (χ3n) is 4.50. The van der Waals surface area contributed by atoms with Crippen LogP contribution >= 0.6 is 23.2 Å². The normalized spacial score (nSPS) is 15.5. The molecule has 0 saturated heterocycles. The quantitative estimate of drug-likeness (QED) is 0.502. The monoisotopic (exact) mass is 366 g/mol. The maximum Gasteiger partial charge on any atom is 0.137 e. The number of benzene rings is 2. The Bertz CT molecular complexity index is 1100. The Hall–Kier alpha value is -2.56. The molecule has 1 N–H and O–H groups in total. The van der Waals surface area contributed by atoms with E-state index in [9.17, 15) is 0 Å². The molecule has 0 bridgehead atoms. The lowest BCUT2D eigenvalue weighted by molar-refractivity contribution is 0.899. The van der Waals surface area contributed by atoms with E-state index in [0.29, 0.717) is 10.0 Å². The molecule has 1 aliphatic heterocycles. The number of halogens is 2. The lowest BCUT2D eigenvalue weighted by atomic mass is 10.00. The maximum atomic E-state index is 6.25. The van der Waals surface area contributed by atoms with Crippen LogP contribution < -0.4 is 5.32 Å². The van der Waals surface area contributed by atoms with Gasteiger partial charge in [-0.25, -0.2) is 9.50 Å². The maximum absolute atomic E-state index is 6.25. The number of para-hydroxylation sites is 1. The van der Waals surface area contributed by atoms with Crippen LogP contribution in [0.25, 0.3) is 16.8 Å². The summed E-state index contributed by atoms with van der Waals surface area (Å²) in [6.07, 6.45) is 3.53. The van der Waals surface area contributed by atoms with Gasteiger partial charge in [0.25, 0.3) is 0 Å². The molecule has 0 aliphatic carbocycles. The first kappa shape index (κ1) is 14.8. The summed E-state index contributed by atoms with van der Waals surface area (Å²) in [5.74, 6) is 0. The molecule has 2 aromatic heterocycles. The van der Waals surface area contributed by atoms with Crippen molar-refractivity contribution >= 4 is 34.4 Å². The van der Waals surface area contributed by atoms with Crippen LogP contribution in [0.4, 0.5) is 5.69 Å². The first-order valence-electron chi connectivity index (χ1n) is 7.85. The number of fused-ring (bicyclic) bond motifs is 2. The topological polar surface area (TPSA) is 42.2 Å².